The molecule has 0 aromatic heterocycles. The summed E-state index contributed by atoms with van der Waals surface area (Å²) >= 11 is -1.87. The summed E-state index contributed by atoms with van der Waals surface area (Å²) < 4.78 is 24.7. The Bertz CT molecular complexity index is 443. The largest absolute Gasteiger partial charge is 0.466 e. The zero-order chi connectivity index (χ0) is 13.5. The average Bonchev–Trinajstić information content (AvgIpc) is 2.28. The van der Waals surface area contributed by atoms with E-state index in [9.17, 15) is 9.00 Å². The molecule has 0 amide bonds. The van der Waals surface area contributed by atoms with Crippen LogP contribution in [0.15, 0.2) is 18.2 Å². The van der Waals surface area contributed by atoms with Gasteiger partial charge in [0.25, 0.3) is 0 Å². The molecular formula is C13H18O4S. The minimum Gasteiger partial charge on any atom is -0.466 e. The third-order valence-corrected chi connectivity index (χ3v) is 3.23. The fourth-order valence-corrected chi connectivity index (χ4v) is 2.39. The molecule has 1 atom stereocenters. The third-order valence-electron chi connectivity index (χ3n) is 2.67. The highest BCUT2D eigenvalue weighted by Gasteiger charge is 2.10. The molecule has 0 aliphatic carbocycles. The Hall–Kier alpha value is -1.20. The highest BCUT2D eigenvalue weighted by molar-refractivity contribution is 7.78. The molecule has 1 aromatic carbocycles. The van der Waals surface area contributed by atoms with Gasteiger partial charge in [-0.3, -0.25) is 4.79 Å². The van der Waals surface area contributed by atoms with Crippen LogP contribution in [0.5, 0.6) is 0 Å². The summed E-state index contributed by atoms with van der Waals surface area (Å²) in [6, 6.07) is 5.61. The summed E-state index contributed by atoms with van der Waals surface area (Å²) in [5, 5.41) is 0. The van der Waals surface area contributed by atoms with Gasteiger partial charge in [-0.2, -0.15) is 0 Å². The fraction of sp³-hybridized carbons (Fsp3) is 0.462. The molecule has 4 nitrogen and oxygen atoms in total. The highest BCUT2D eigenvalue weighted by atomic mass is 32.2. The van der Waals surface area contributed by atoms with Gasteiger partial charge in [0.15, 0.2) is 11.1 Å². The van der Waals surface area contributed by atoms with E-state index in [0.29, 0.717) is 19.4 Å². The molecule has 0 spiro atoms. The molecule has 0 aliphatic heterocycles. The fourth-order valence-electron chi connectivity index (χ4n) is 1.85. The first kappa shape index (κ1) is 14.9. The van der Waals surface area contributed by atoms with E-state index in [-0.39, 0.29) is 11.7 Å². The van der Waals surface area contributed by atoms with Crippen LogP contribution in [-0.2, 0) is 32.8 Å². The number of carbonyl (C=O) groups excluding carboxylic acids is 1. The van der Waals surface area contributed by atoms with E-state index in [1.807, 2.05) is 25.1 Å². The normalized spacial score (nSPS) is 12.2. The predicted octanol–water partition coefficient (Wildman–Crippen LogP) is 2.21. The topological polar surface area (TPSA) is 63.6 Å². The summed E-state index contributed by atoms with van der Waals surface area (Å²) in [6.07, 6.45) is 0.835. The monoisotopic (exact) mass is 270 g/mol. The van der Waals surface area contributed by atoms with Gasteiger partial charge in [0.2, 0.25) is 0 Å². The van der Waals surface area contributed by atoms with Crippen molar-refractivity contribution in [2.75, 3.05) is 6.61 Å². The molecule has 1 rings (SSSR count). The average molecular weight is 270 g/mol. The number of rotatable bonds is 6. The Morgan fingerprint density at radius 2 is 2.17 bits per heavy atom. The van der Waals surface area contributed by atoms with Gasteiger partial charge < -0.3 is 9.29 Å². The Morgan fingerprint density at radius 3 is 2.78 bits per heavy atom. The minimum absolute atomic E-state index is 0.0971. The quantitative estimate of drug-likeness (QED) is 0.636. The maximum absolute atomic E-state index is 11.3. The SMILES string of the molecule is CCOC(=O)CCc1c(C)cccc1CS(=O)O. The van der Waals surface area contributed by atoms with Crippen molar-refractivity contribution in [1.29, 1.82) is 0 Å². The van der Waals surface area contributed by atoms with Crippen molar-refractivity contribution >= 4 is 17.0 Å². The number of esters is 1. The van der Waals surface area contributed by atoms with Crippen molar-refractivity contribution in [3.63, 3.8) is 0 Å². The zero-order valence-corrected chi connectivity index (χ0v) is 11.5. The summed E-state index contributed by atoms with van der Waals surface area (Å²) in [5.41, 5.74) is 2.82. The van der Waals surface area contributed by atoms with Crippen LogP contribution >= 0.6 is 0 Å². The second-order valence-corrected chi connectivity index (χ2v) is 4.92. The molecule has 0 heterocycles. The van der Waals surface area contributed by atoms with Crippen LogP contribution in [0.25, 0.3) is 0 Å². The van der Waals surface area contributed by atoms with Gasteiger partial charge in [-0.25, -0.2) is 4.21 Å². The molecule has 1 aromatic rings. The van der Waals surface area contributed by atoms with E-state index < -0.39 is 11.1 Å². The highest BCUT2D eigenvalue weighted by Crippen LogP contribution is 2.18. The van der Waals surface area contributed by atoms with E-state index in [4.69, 9.17) is 9.29 Å². The van der Waals surface area contributed by atoms with E-state index in [0.717, 1.165) is 16.7 Å². The van der Waals surface area contributed by atoms with Crippen LogP contribution in [0.3, 0.4) is 0 Å². The molecule has 1 unspecified atom stereocenters. The molecule has 0 saturated heterocycles. The number of ether oxygens (including phenoxy) is 1. The zero-order valence-electron chi connectivity index (χ0n) is 10.6. The first-order valence-electron chi connectivity index (χ1n) is 5.85. The Labute approximate surface area is 110 Å². The lowest BCUT2D eigenvalue weighted by molar-refractivity contribution is -0.143. The van der Waals surface area contributed by atoms with Crippen molar-refractivity contribution in [3.8, 4) is 0 Å². The lowest BCUT2D eigenvalue weighted by Gasteiger charge is -2.11. The molecule has 1 N–H and O–H groups in total. The molecule has 18 heavy (non-hydrogen) atoms. The maximum atomic E-state index is 11.3. The van der Waals surface area contributed by atoms with Crippen molar-refractivity contribution in [1.82, 2.24) is 0 Å². The maximum Gasteiger partial charge on any atom is 0.306 e. The third kappa shape index (κ3) is 4.58. The number of benzene rings is 1. The van der Waals surface area contributed by atoms with Crippen LogP contribution < -0.4 is 0 Å². The Morgan fingerprint density at radius 1 is 1.44 bits per heavy atom. The Balaban J connectivity index is 2.79. The molecule has 5 heteroatoms. The van der Waals surface area contributed by atoms with E-state index >= 15 is 0 Å². The molecule has 100 valence electrons. The number of aryl methyl sites for hydroxylation is 1. The number of carbonyl (C=O) groups is 1. The van der Waals surface area contributed by atoms with Gasteiger partial charge in [0, 0.05) is 6.42 Å². The van der Waals surface area contributed by atoms with Gasteiger partial charge in [-0.05, 0) is 37.0 Å². The van der Waals surface area contributed by atoms with Crippen LogP contribution in [0.2, 0.25) is 0 Å². The summed E-state index contributed by atoms with van der Waals surface area (Å²) in [7, 11) is 0. The standard InChI is InChI=1S/C13H18O4S/c1-3-17-13(14)8-7-12-10(2)5-4-6-11(12)9-18(15)16/h4-6H,3,7-9H2,1-2H3,(H,15,16). The molecule has 0 bridgehead atoms. The van der Waals surface area contributed by atoms with E-state index in [1.54, 1.807) is 6.92 Å². The van der Waals surface area contributed by atoms with Crippen molar-refractivity contribution < 1.29 is 18.3 Å². The van der Waals surface area contributed by atoms with Gasteiger partial charge >= 0.3 is 5.97 Å². The van der Waals surface area contributed by atoms with Gasteiger partial charge in [0.05, 0.1) is 12.4 Å². The summed E-state index contributed by atoms with van der Waals surface area (Å²) in [6.45, 7) is 4.08. The predicted molar refractivity (Wildman–Crippen MR) is 70.6 cm³/mol. The lowest BCUT2D eigenvalue weighted by Crippen LogP contribution is -2.08. The van der Waals surface area contributed by atoms with Crippen LogP contribution in [0.4, 0.5) is 0 Å². The molecule has 0 radical (unpaired) electrons. The second-order valence-electron chi connectivity index (χ2n) is 3.98. The van der Waals surface area contributed by atoms with Crippen molar-refractivity contribution in [2.24, 2.45) is 0 Å². The van der Waals surface area contributed by atoms with E-state index in [2.05, 4.69) is 0 Å². The van der Waals surface area contributed by atoms with E-state index in [1.165, 1.54) is 0 Å². The lowest BCUT2D eigenvalue weighted by atomic mass is 9.99. The molecule has 0 saturated carbocycles. The van der Waals surface area contributed by atoms with Crippen molar-refractivity contribution in [3.05, 3.63) is 34.9 Å². The second kappa shape index (κ2) is 7.28. The van der Waals surface area contributed by atoms with Gasteiger partial charge in [0.1, 0.15) is 0 Å². The van der Waals surface area contributed by atoms with Crippen LogP contribution in [0, 0.1) is 6.92 Å². The smallest absolute Gasteiger partial charge is 0.306 e. The Kier molecular flexibility index (Phi) is 6.01. The van der Waals surface area contributed by atoms with Crippen molar-refractivity contribution in [2.45, 2.75) is 32.4 Å². The molecule has 0 fully saturated rings. The minimum atomic E-state index is -1.87. The first-order chi connectivity index (χ1) is 8.54. The van der Waals surface area contributed by atoms with Gasteiger partial charge in [-0.15, -0.1) is 0 Å². The van der Waals surface area contributed by atoms with Gasteiger partial charge in [-0.1, -0.05) is 18.2 Å². The summed E-state index contributed by atoms with van der Waals surface area (Å²) in [4.78, 5) is 11.3. The molecule has 0 aliphatic rings. The number of hydrogen-bond donors (Lipinski definition) is 1. The van der Waals surface area contributed by atoms with Crippen LogP contribution in [-0.4, -0.2) is 21.3 Å². The molecular weight excluding hydrogens is 252 g/mol. The van der Waals surface area contributed by atoms with Crippen LogP contribution in [0.1, 0.15) is 30.0 Å². The first-order valence-corrected chi connectivity index (χ1v) is 7.12. The summed E-state index contributed by atoms with van der Waals surface area (Å²) in [5.74, 6) is -0.142. The number of hydrogen-bond acceptors (Lipinski definition) is 3.